The zero-order valence-electron chi connectivity index (χ0n) is 22.8. The van der Waals surface area contributed by atoms with Crippen LogP contribution < -0.4 is 10.1 Å². The Morgan fingerprint density at radius 3 is 2.29 bits per heavy atom. The minimum absolute atomic E-state index is 0. The lowest BCUT2D eigenvalue weighted by Crippen LogP contribution is -2.27. The number of halogens is 2. The first kappa shape index (κ1) is 28.4. The van der Waals surface area contributed by atoms with Crippen LogP contribution in [0.4, 0.5) is 4.39 Å². The summed E-state index contributed by atoms with van der Waals surface area (Å²) in [6.07, 6.45) is 1.95. The second-order valence-corrected chi connectivity index (χ2v) is 10.1. The molecule has 0 spiro atoms. The average Bonchev–Trinajstić information content (AvgIpc) is 3.37. The molecular weight excluding hydrogens is 539 g/mol. The molecule has 0 bridgehead atoms. The van der Waals surface area contributed by atoms with Crippen LogP contribution >= 0.6 is 12.4 Å². The summed E-state index contributed by atoms with van der Waals surface area (Å²) in [5, 5.41) is 4.49. The van der Waals surface area contributed by atoms with E-state index in [0.29, 0.717) is 12.2 Å². The van der Waals surface area contributed by atoms with Gasteiger partial charge in [0.1, 0.15) is 18.2 Å². The van der Waals surface area contributed by atoms with Gasteiger partial charge in [-0.05, 0) is 85.6 Å². The number of piperidine rings is 1. The van der Waals surface area contributed by atoms with Crippen LogP contribution in [0, 0.1) is 5.82 Å². The minimum Gasteiger partial charge on any atom is -0.488 e. The number of carbonyl (C=O) groups excluding carboxylic acids is 1. The Balaban J connectivity index is 0.00000337. The van der Waals surface area contributed by atoms with Crippen molar-refractivity contribution in [3.63, 3.8) is 0 Å². The fourth-order valence-corrected chi connectivity index (χ4v) is 5.72. The molecule has 0 amide bonds. The topological polar surface area (TPSA) is 52.5 Å². The van der Waals surface area contributed by atoms with Gasteiger partial charge in [-0.15, -0.1) is 12.4 Å². The Morgan fingerprint density at radius 1 is 0.902 bits per heavy atom. The van der Waals surface area contributed by atoms with E-state index in [1.54, 1.807) is 0 Å². The van der Waals surface area contributed by atoms with E-state index in [1.165, 1.54) is 24.9 Å². The summed E-state index contributed by atoms with van der Waals surface area (Å²) in [6.45, 7) is 2.28. The van der Waals surface area contributed by atoms with Crippen molar-refractivity contribution in [2.24, 2.45) is 0 Å². The molecule has 5 nitrogen and oxygen atoms in total. The minimum atomic E-state index is -0.370. The number of ether oxygens (including phenoxy) is 2. The van der Waals surface area contributed by atoms with Crippen molar-refractivity contribution in [3.05, 3.63) is 120 Å². The molecule has 5 aromatic rings. The number of esters is 1. The molecule has 1 fully saturated rings. The number of hydrogen-bond acceptors (Lipinski definition) is 4. The van der Waals surface area contributed by atoms with Crippen LogP contribution in [0.1, 0.15) is 40.4 Å². The van der Waals surface area contributed by atoms with Gasteiger partial charge in [-0.3, -0.25) is 0 Å². The predicted octanol–water partition coefficient (Wildman–Crippen LogP) is 7.69. The van der Waals surface area contributed by atoms with Gasteiger partial charge in [0, 0.05) is 22.9 Å². The van der Waals surface area contributed by atoms with E-state index in [0.717, 1.165) is 65.0 Å². The molecule has 1 aliphatic rings. The third-order valence-corrected chi connectivity index (χ3v) is 7.63. The van der Waals surface area contributed by atoms with Crippen LogP contribution in [0.15, 0.2) is 97.1 Å². The lowest BCUT2D eigenvalue weighted by Gasteiger charge is -2.26. The summed E-state index contributed by atoms with van der Waals surface area (Å²) >= 11 is 0. The molecule has 0 radical (unpaired) electrons. The molecule has 1 aromatic heterocycles. The van der Waals surface area contributed by atoms with Crippen molar-refractivity contribution in [1.82, 2.24) is 9.88 Å². The highest BCUT2D eigenvalue weighted by Gasteiger charge is 2.29. The molecule has 0 saturated carbocycles. The van der Waals surface area contributed by atoms with E-state index in [-0.39, 0.29) is 30.1 Å². The molecule has 1 saturated heterocycles. The summed E-state index contributed by atoms with van der Waals surface area (Å²) < 4.78 is 27.7. The Labute approximate surface area is 245 Å². The average molecular weight is 571 g/mol. The zero-order valence-corrected chi connectivity index (χ0v) is 23.6. The van der Waals surface area contributed by atoms with E-state index in [2.05, 4.69) is 28.1 Å². The van der Waals surface area contributed by atoms with Gasteiger partial charge in [-0.25, -0.2) is 9.18 Å². The standard InChI is InChI=1S/C34H31FN2O3.ClH/c1-39-34(38)26-12-10-24(11-13-26)31-32-29(8-5-9-30(32)40-22-23-6-3-2-4-7-23)37(28-16-14-27(35)15-17-28)33(31)25-18-20-36-21-19-25;/h2-17,25,36H,18-22H2,1H3;1H. The van der Waals surface area contributed by atoms with E-state index >= 15 is 0 Å². The van der Waals surface area contributed by atoms with Crippen LogP contribution in [0.3, 0.4) is 0 Å². The fourth-order valence-electron chi connectivity index (χ4n) is 5.72. The van der Waals surface area contributed by atoms with E-state index < -0.39 is 0 Å². The largest absolute Gasteiger partial charge is 0.488 e. The molecule has 1 N–H and O–H groups in total. The van der Waals surface area contributed by atoms with Crippen molar-refractivity contribution in [2.45, 2.75) is 25.4 Å². The maximum absolute atomic E-state index is 14.0. The van der Waals surface area contributed by atoms with Gasteiger partial charge >= 0.3 is 5.97 Å². The van der Waals surface area contributed by atoms with Crippen LogP contribution in [0.5, 0.6) is 5.75 Å². The molecule has 0 atom stereocenters. The second kappa shape index (κ2) is 12.6. The van der Waals surface area contributed by atoms with Gasteiger partial charge in [0.15, 0.2) is 0 Å². The van der Waals surface area contributed by atoms with Crippen LogP contribution in [-0.2, 0) is 11.3 Å². The van der Waals surface area contributed by atoms with Crippen molar-refractivity contribution < 1.29 is 18.7 Å². The lowest BCUT2D eigenvalue weighted by molar-refractivity contribution is 0.0600. The highest BCUT2D eigenvalue weighted by atomic mass is 35.5. The number of nitrogens with one attached hydrogen (secondary N) is 1. The molecule has 7 heteroatoms. The Kier molecular flexibility index (Phi) is 8.72. The van der Waals surface area contributed by atoms with Gasteiger partial charge in [0.2, 0.25) is 0 Å². The highest BCUT2D eigenvalue weighted by Crippen LogP contribution is 2.46. The number of hydrogen-bond donors (Lipinski definition) is 1. The molecule has 4 aromatic carbocycles. The van der Waals surface area contributed by atoms with E-state index in [9.17, 15) is 9.18 Å². The van der Waals surface area contributed by atoms with Crippen LogP contribution in [-0.4, -0.2) is 30.7 Å². The van der Waals surface area contributed by atoms with Crippen LogP contribution in [0.25, 0.3) is 27.7 Å². The molecular formula is C34H32ClFN2O3. The molecule has 0 aliphatic carbocycles. The molecule has 1 aliphatic heterocycles. The summed E-state index contributed by atoms with van der Waals surface area (Å²) in [4.78, 5) is 12.2. The van der Waals surface area contributed by atoms with Gasteiger partial charge in [0.05, 0.1) is 23.6 Å². The molecule has 0 unspecified atom stereocenters. The monoisotopic (exact) mass is 570 g/mol. The van der Waals surface area contributed by atoms with Crippen molar-refractivity contribution in [2.75, 3.05) is 20.2 Å². The van der Waals surface area contributed by atoms with Gasteiger partial charge in [-0.1, -0.05) is 48.5 Å². The van der Waals surface area contributed by atoms with Gasteiger partial charge in [0.25, 0.3) is 0 Å². The molecule has 2 heterocycles. The number of rotatable bonds is 7. The first-order valence-electron chi connectivity index (χ1n) is 13.6. The van der Waals surface area contributed by atoms with Crippen molar-refractivity contribution in [1.29, 1.82) is 0 Å². The molecule has 6 rings (SSSR count). The lowest BCUT2D eigenvalue weighted by atomic mass is 9.88. The first-order valence-corrected chi connectivity index (χ1v) is 13.6. The number of aromatic nitrogens is 1. The Hall–Kier alpha value is -4.13. The van der Waals surface area contributed by atoms with Crippen molar-refractivity contribution >= 4 is 29.3 Å². The number of fused-ring (bicyclic) bond motifs is 1. The van der Waals surface area contributed by atoms with Crippen LogP contribution in [0.2, 0.25) is 0 Å². The molecule has 41 heavy (non-hydrogen) atoms. The van der Waals surface area contributed by atoms with Crippen molar-refractivity contribution in [3.8, 4) is 22.6 Å². The smallest absolute Gasteiger partial charge is 0.337 e. The number of benzene rings is 4. The Bertz CT molecular complexity index is 1630. The van der Waals surface area contributed by atoms with E-state index in [1.807, 2.05) is 66.7 Å². The Morgan fingerprint density at radius 2 is 1.61 bits per heavy atom. The maximum Gasteiger partial charge on any atom is 0.337 e. The van der Waals surface area contributed by atoms with Gasteiger partial charge < -0.3 is 19.4 Å². The maximum atomic E-state index is 14.0. The summed E-state index contributed by atoms with van der Waals surface area (Å²) in [5.41, 5.74) is 6.71. The summed E-state index contributed by atoms with van der Waals surface area (Å²) in [7, 11) is 1.39. The third-order valence-electron chi connectivity index (χ3n) is 7.63. The quantitative estimate of drug-likeness (QED) is 0.204. The fraction of sp³-hybridized carbons (Fsp3) is 0.206. The highest BCUT2D eigenvalue weighted by molar-refractivity contribution is 6.04. The summed E-state index contributed by atoms with van der Waals surface area (Å²) in [6, 6.07) is 30.5. The van der Waals surface area contributed by atoms with E-state index in [4.69, 9.17) is 9.47 Å². The molecule has 210 valence electrons. The SMILES string of the molecule is COC(=O)c1ccc(-c2c(C3CCNCC3)n(-c3ccc(F)cc3)c3cccc(OCc4ccccc4)c23)cc1.Cl. The first-order chi connectivity index (χ1) is 19.6. The van der Waals surface area contributed by atoms with Gasteiger partial charge in [-0.2, -0.15) is 0 Å². The number of carbonyl (C=O) groups is 1. The summed E-state index contributed by atoms with van der Waals surface area (Å²) in [5.74, 6) is 0.417. The number of nitrogens with zero attached hydrogens (tertiary/aromatic N) is 1. The third kappa shape index (κ3) is 5.71. The number of methoxy groups -OCH3 is 1. The zero-order chi connectivity index (χ0) is 27.5. The normalized spacial score (nSPS) is 13.5. The predicted molar refractivity (Wildman–Crippen MR) is 163 cm³/mol. The second-order valence-electron chi connectivity index (χ2n) is 10.1.